The van der Waals surface area contributed by atoms with E-state index in [0.29, 0.717) is 5.41 Å². The minimum atomic E-state index is 0.643. The zero-order valence-electron chi connectivity index (χ0n) is 11.8. The lowest BCUT2D eigenvalue weighted by atomic mass is 9.77. The minimum Gasteiger partial charge on any atom is -0.316 e. The first-order valence-corrected chi connectivity index (χ1v) is 7.29. The van der Waals surface area contributed by atoms with Crippen molar-refractivity contribution in [3.8, 4) is 0 Å². The first kappa shape index (κ1) is 14.0. The van der Waals surface area contributed by atoms with E-state index >= 15 is 0 Å². The highest BCUT2D eigenvalue weighted by molar-refractivity contribution is 4.87. The molecule has 1 saturated carbocycles. The van der Waals surface area contributed by atoms with Gasteiger partial charge in [0.25, 0.3) is 0 Å². The Morgan fingerprint density at radius 2 is 1.75 bits per heavy atom. The molecule has 1 nitrogen and oxygen atoms in total. The third kappa shape index (κ3) is 4.45. The van der Waals surface area contributed by atoms with Crippen molar-refractivity contribution in [3.63, 3.8) is 0 Å². The second-order valence-electron chi connectivity index (χ2n) is 6.45. The predicted molar refractivity (Wildman–Crippen MR) is 72.7 cm³/mol. The third-order valence-corrected chi connectivity index (χ3v) is 4.20. The molecule has 1 atom stereocenters. The second kappa shape index (κ2) is 6.64. The molecular formula is C15H31N. The van der Waals surface area contributed by atoms with Crippen LogP contribution in [0.2, 0.25) is 0 Å². The van der Waals surface area contributed by atoms with Gasteiger partial charge in [-0.3, -0.25) is 0 Å². The topological polar surface area (TPSA) is 12.0 Å². The van der Waals surface area contributed by atoms with Gasteiger partial charge >= 0.3 is 0 Å². The van der Waals surface area contributed by atoms with E-state index in [-0.39, 0.29) is 0 Å². The SMILES string of the molecule is CCC(C)CC1(CNCC(C)C)CCCC1. The zero-order valence-corrected chi connectivity index (χ0v) is 11.8. The van der Waals surface area contributed by atoms with Gasteiger partial charge < -0.3 is 5.32 Å². The van der Waals surface area contributed by atoms with Crippen LogP contribution < -0.4 is 5.32 Å². The van der Waals surface area contributed by atoms with Gasteiger partial charge in [0, 0.05) is 6.54 Å². The maximum Gasteiger partial charge on any atom is 0.000802 e. The van der Waals surface area contributed by atoms with Crippen LogP contribution in [0.3, 0.4) is 0 Å². The fraction of sp³-hybridized carbons (Fsp3) is 1.00. The Morgan fingerprint density at radius 3 is 2.25 bits per heavy atom. The predicted octanol–water partition coefficient (Wildman–Crippen LogP) is 4.23. The Hall–Kier alpha value is -0.0400. The van der Waals surface area contributed by atoms with Crippen LogP contribution >= 0.6 is 0 Å². The van der Waals surface area contributed by atoms with Gasteiger partial charge in [0.1, 0.15) is 0 Å². The molecule has 16 heavy (non-hydrogen) atoms. The van der Waals surface area contributed by atoms with Crippen molar-refractivity contribution >= 4 is 0 Å². The molecule has 0 saturated heterocycles. The van der Waals surface area contributed by atoms with Gasteiger partial charge in [0.05, 0.1) is 0 Å². The standard InChI is InChI=1S/C15H31N/c1-5-14(4)10-15(8-6-7-9-15)12-16-11-13(2)3/h13-14,16H,5-12H2,1-4H3. The summed E-state index contributed by atoms with van der Waals surface area (Å²) in [6, 6.07) is 0. The molecule has 0 aliphatic heterocycles. The summed E-state index contributed by atoms with van der Waals surface area (Å²) in [7, 11) is 0. The molecule has 0 radical (unpaired) electrons. The summed E-state index contributed by atoms with van der Waals surface area (Å²) < 4.78 is 0. The lowest BCUT2D eigenvalue weighted by Crippen LogP contribution is -2.35. The Morgan fingerprint density at radius 1 is 1.12 bits per heavy atom. The largest absolute Gasteiger partial charge is 0.316 e. The Kier molecular flexibility index (Phi) is 5.82. The number of hydrogen-bond donors (Lipinski definition) is 1. The average Bonchev–Trinajstić information content (AvgIpc) is 2.66. The molecule has 0 heterocycles. The quantitative estimate of drug-likeness (QED) is 0.684. The molecule has 0 bridgehead atoms. The zero-order chi connectivity index (χ0) is 12.0. The van der Waals surface area contributed by atoms with Crippen LogP contribution in [0.15, 0.2) is 0 Å². The van der Waals surface area contributed by atoms with E-state index in [1.54, 1.807) is 0 Å². The molecular weight excluding hydrogens is 194 g/mol. The van der Waals surface area contributed by atoms with Crippen LogP contribution in [0.4, 0.5) is 0 Å². The van der Waals surface area contributed by atoms with Crippen molar-refractivity contribution in [2.45, 2.75) is 66.2 Å². The number of nitrogens with one attached hydrogen (secondary N) is 1. The molecule has 1 aliphatic rings. The van der Waals surface area contributed by atoms with Gasteiger partial charge in [-0.05, 0) is 43.1 Å². The summed E-state index contributed by atoms with van der Waals surface area (Å²) >= 11 is 0. The molecule has 1 heteroatoms. The molecule has 1 fully saturated rings. The highest BCUT2D eigenvalue weighted by atomic mass is 14.9. The molecule has 0 aromatic carbocycles. The highest BCUT2D eigenvalue weighted by Crippen LogP contribution is 2.43. The Balaban J connectivity index is 2.39. The van der Waals surface area contributed by atoms with E-state index in [9.17, 15) is 0 Å². The van der Waals surface area contributed by atoms with Crippen molar-refractivity contribution in [1.29, 1.82) is 0 Å². The normalized spacial score (nSPS) is 21.6. The van der Waals surface area contributed by atoms with Crippen molar-refractivity contribution in [3.05, 3.63) is 0 Å². The van der Waals surface area contributed by atoms with Crippen LogP contribution in [0, 0.1) is 17.3 Å². The monoisotopic (exact) mass is 225 g/mol. The van der Waals surface area contributed by atoms with Gasteiger partial charge in [0.15, 0.2) is 0 Å². The lowest BCUT2D eigenvalue weighted by molar-refractivity contribution is 0.212. The summed E-state index contributed by atoms with van der Waals surface area (Å²) in [6.07, 6.45) is 8.62. The van der Waals surface area contributed by atoms with Crippen molar-refractivity contribution in [2.75, 3.05) is 13.1 Å². The molecule has 1 aliphatic carbocycles. The van der Waals surface area contributed by atoms with Crippen LogP contribution in [-0.2, 0) is 0 Å². The fourth-order valence-corrected chi connectivity index (χ4v) is 3.09. The maximum absolute atomic E-state index is 3.70. The Bertz CT molecular complexity index is 180. The molecule has 96 valence electrons. The van der Waals surface area contributed by atoms with Gasteiger partial charge in [-0.2, -0.15) is 0 Å². The van der Waals surface area contributed by atoms with E-state index in [4.69, 9.17) is 0 Å². The minimum absolute atomic E-state index is 0.643. The van der Waals surface area contributed by atoms with Gasteiger partial charge in [0.2, 0.25) is 0 Å². The summed E-state index contributed by atoms with van der Waals surface area (Å²) in [5, 5.41) is 3.70. The summed E-state index contributed by atoms with van der Waals surface area (Å²) in [5.74, 6) is 1.68. The van der Waals surface area contributed by atoms with Crippen LogP contribution in [0.25, 0.3) is 0 Å². The molecule has 0 amide bonds. The number of rotatable bonds is 7. The maximum atomic E-state index is 3.70. The van der Waals surface area contributed by atoms with E-state index in [0.717, 1.165) is 11.8 Å². The van der Waals surface area contributed by atoms with E-state index in [1.165, 1.54) is 51.6 Å². The van der Waals surface area contributed by atoms with Crippen LogP contribution in [0.5, 0.6) is 0 Å². The summed E-state index contributed by atoms with van der Waals surface area (Å²) in [4.78, 5) is 0. The van der Waals surface area contributed by atoms with Crippen molar-refractivity contribution < 1.29 is 0 Å². The lowest BCUT2D eigenvalue weighted by Gasteiger charge is -2.32. The molecule has 0 aromatic heterocycles. The molecule has 0 aromatic rings. The van der Waals surface area contributed by atoms with Gasteiger partial charge in [-0.15, -0.1) is 0 Å². The van der Waals surface area contributed by atoms with E-state index in [1.807, 2.05) is 0 Å². The van der Waals surface area contributed by atoms with E-state index < -0.39 is 0 Å². The average molecular weight is 225 g/mol. The first-order chi connectivity index (χ1) is 7.58. The van der Waals surface area contributed by atoms with Crippen molar-refractivity contribution in [1.82, 2.24) is 5.32 Å². The fourth-order valence-electron chi connectivity index (χ4n) is 3.09. The first-order valence-electron chi connectivity index (χ1n) is 7.29. The van der Waals surface area contributed by atoms with E-state index in [2.05, 4.69) is 33.0 Å². The Labute approximate surface area is 102 Å². The van der Waals surface area contributed by atoms with Gasteiger partial charge in [-0.25, -0.2) is 0 Å². The highest BCUT2D eigenvalue weighted by Gasteiger charge is 2.34. The third-order valence-electron chi connectivity index (χ3n) is 4.20. The molecule has 0 spiro atoms. The van der Waals surface area contributed by atoms with Gasteiger partial charge in [-0.1, -0.05) is 47.0 Å². The summed E-state index contributed by atoms with van der Waals surface area (Å²) in [5.41, 5.74) is 0.643. The molecule has 1 rings (SSSR count). The molecule has 1 unspecified atom stereocenters. The van der Waals surface area contributed by atoms with Crippen LogP contribution in [0.1, 0.15) is 66.2 Å². The summed E-state index contributed by atoms with van der Waals surface area (Å²) in [6.45, 7) is 11.8. The van der Waals surface area contributed by atoms with Crippen LogP contribution in [-0.4, -0.2) is 13.1 Å². The second-order valence-corrected chi connectivity index (χ2v) is 6.45. The molecule has 1 N–H and O–H groups in total. The smallest absolute Gasteiger partial charge is 0.000802 e. The number of hydrogen-bond acceptors (Lipinski definition) is 1. The van der Waals surface area contributed by atoms with Crippen molar-refractivity contribution in [2.24, 2.45) is 17.3 Å².